The molecule has 0 radical (unpaired) electrons. The number of tetrazole rings is 1. The average Bonchev–Trinajstić information content (AvgIpc) is 3.15. The van der Waals surface area contributed by atoms with Crippen molar-refractivity contribution in [1.29, 1.82) is 0 Å². The second-order valence-corrected chi connectivity index (χ2v) is 5.94. The van der Waals surface area contributed by atoms with Crippen LogP contribution in [0.2, 0.25) is 0 Å². The van der Waals surface area contributed by atoms with Crippen LogP contribution in [0.15, 0.2) is 48.5 Å². The first-order chi connectivity index (χ1) is 13.5. The van der Waals surface area contributed by atoms with Crippen LogP contribution in [0.1, 0.15) is 30.0 Å². The second kappa shape index (κ2) is 8.76. The number of hydrogen-bond donors (Lipinski definition) is 2. The minimum absolute atomic E-state index is 0.151. The topological polar surface area (TPSA) is 111 Å². The van der Waals surface area contributed by atoms with Gasteiger partial charge in [-0.3, -0.25) is 9.59 Å². The number of nitrogens with zero attached hydrogens (tertiary/aromatic N) is 4. The van der Waals surface area contributed by atoms with Crippen molar-refractivity contribution in [1.82, 2.24) is 20.2 Å². The van der Waals surface area contributed by atoms with Crippen molar-refractivity contribution in [3.63, 3.8) is 0 Å². The highest BCUT2D eigenvalue weighted by atomic mass is 16.5. The monoisotopic (exact) mass is 380 g/mol. The minimum Gasteiger partial charge on any atom is -0.486 e. The Kier molecular flexibility index (Phi) is 5.95. The van der Waals surface area contributed by atoms with Gasteiger partial charge in [0.1, 0.15) is 12.4 Å². The van der Waals surface area contributed by atoms with Crippen LogP contribution in [0.3, 0.4) is 0 Å². The molecule has 0 aliphatic heterocycles. The minimum atomic E-state index is -0.267. The van der Waals surface area contributed by atoms with Crippen molar-refractivity contribution in [3.05, 3.63) is 59.9 Å². The number of nitrogens with one attached hydrogen (secondary N) is 2. The van der Waals surface area contributed by atoms with Crippen molar-refractivity contribution >= 4 is 23.2 Å². The fourth-order valence-electron chi connectivity index (χ4n) is 2.49. The van der Waals surface area contributed by atoms with E-state index in [4.69, 9.17) is 4.74 Å². The molecule has 0 saturated carbocycles. The van der Waals surface area contributed by atoms with Gasteiger partial charge in [-0.1, -0.05) is 6.07 Å². The molecule has 0 fully saturated rings. The molecule has 0 aliphatic rings. The first-order valence-corrected chi connectivity index (χ1v) is 8.72. The van der Waals surface area contributed by atoms with E-state index in [1.165, 1.54) is 6.92 Å². The Bertz CT molecular complexity index is 968. The van der Waals surface area contributed by atoms with Crippen molar-refractivity contribution in [2.45, 2.75) is 27.0 Å². The summed E-state index contributed by atoms with van der Waals surface area (Å²) in [6.07, 6.45) is 0. The quantitative estimate of drug-likeness (QED) is 0.651. The summed E-state index contributed by atoms with van der Waals surface area (Å²) >= 11 is 0. The smallest absolute Gasteiger partial charge is 0.255 e. The van der Waals surface area contributed by atoms with Crippen molar-refractivity contribution in [3.8, 4) is 5.75 Å². The van der Waals surface area contributed by atoms with E-state index in [0.29, 0.717) is 35.1 Å². The van der Waals surface area contributed by atoms with E-state index >= 15 is 0 Å². The summed E-state index contributed by atoms with van der Waals surface area (Å²) in [6, 6.07) is 13.7. The Labute approximate surface area is 161 Å². The standard InChI is InChI=1S/C19H20N6O3/c1-3-25-18(22-23-24-25)12-28-17-6-4-5-14(11-17)19(27)21-16-9-7-15(8-10-16)20-13(2)26/h4-11H,3,12H2,1-2H3,(H,20,26)(H,21,27). The number of anilines is 2. The summed E-state index contributed by atoms with van der Waals surface area (Å²) in [5, 5.41) is 16.9. The van der Waals surface area contributed by atoms with E-state index < -0.39 is 0 Å². The maximum atomic E-state index is 12.5. The number of aromatic nitrogens is 4. The van der Waals surface area contributed by atoms with Crippen LogP contribution >= 0.6 is 0 Å². The number of carbonyl (C=O) groups excluding carboxylic acids is 2. The van der Waals surface area contributed by atoms with E-state index in [1.807, 2.05) is 6.92 Å². The molecule has 9 heteroatoms. The van der Waals surface area contributed by atoms with Crippen LogP contribution in [-0.4, -0.2) is 32.0 Å². The first-order valence-electron chi connectivity index (χ1n) is 8.72. The molecule has 3 rings (SSSR count). The maximum absolute atomic E-state index is 12.5. The van der Waals surface area contributed by atoms with E-state index in [2.05, 4.69) is 26.2 Å². The fraction of sp³-hybridized carbons (Fsp3) is 0.211. The molecular formula is C19H20N6O3. The van der Waals surface area contributed by atoms with Gasteiger partial charge in [0.05, 0.1) is 0 Å². The van der Waals surface area contributed by atoms with Gasteiger partial charge in [0.25, 0.3) is 5.91 Å². The van der Waals surface area contributed by atoms with Crippen molar-refractivity contribution in [2.75, 3.05) is 10.6 Å². The summed E-state index contributed by atoms with van der Waals surface area (Å²) in [7, 11) is 0. The molecule has 0 bridgehead atoms. The molecule has 0 unspecified atom stereocenters. The Morgan fingerprint density at radius 3 is 2.46 bits per heavy atom. The lowest BCUT2D eigenvalue weighted by Gasteiger charge is -2.09. The third-order valence-corrected chi connectivity index (χ3v) is 3.83. The molecule has 0 atom stereocenters. The zero-order valence-corrected chi connectivity index (χ0v) is 15.5. The van der Waals surface area contributed by atoms with Crippen LogP contribution < -0.4 is 15.4 Å². The van der Waals surface area contributed by atoms with Gasteiger partial charge in [-0.15, -0.1) is 5.10 Å². The molecule has 1 aromatic heterocycles. The molecule has 0 spiro atoms. The Morgan fingerprint density at radius 2 is 1.79 bits per heavy atom. The highest BCUT2D eigenvalue weighted by Gasteiger charge is 2.09. The van der Waals surface area contributed by atoms with Crippen LogP contribution in [0.5, 0.6) is 5.75 Å². The number of carbonyl (C=O) groups is 2. The third-order valence-electron chi connectivity index (χ3n) is 3.83. The number of ether oxygens (including phenoxy) is 1. The number of amides is 2. The molecule has 2 amide bonds. The van der Waals surface area contributed by atoms with Gasteiger partial charge >= 0.3 is 0 Å². The van der Waals surface area contributed by atoms with Gasteiger partial charge in [-0.25, -0.2) is 4.68 Å². The molecule has 2 aromatic carbocycles. The normalized spacial score (nSPS) is 10.4. The van der Waals surface area contributed by atoms with Crippen LogP contribution in [-0.2, 0) is 17.9 Å². The number of rotatable bonds is 7. The zero-order chi connectivity index (χ0) is 19.9. The molecule has 1 heterocycles. The lowest BCUT2D eigenvalue weighted by Crippen LogP contribution is -2.12. The molecule has 144 valence electrons. The number of hydrogen-bond acceptors (Lipinski definition) is 6. The van der Waals surface area contributed by atoms with Crippen LogP contribution in [0.25, 0.3) is 0 Å². The largest absolute Gasteiger partial charge is 0.486 e. The van der Waals surface area contributed by atoms with Gasteiger partial charge in [0.15, 0.2) is 5.82 Å². The molecule has 0 saturated heterocycles. The predicted molar refractivity (Wildman–Crippen MR) is 103 cm³/mol. The lowest BCUT2D eigenvalue weighted by atomic mass is 10.2. The molecule has 28 heavy (non-hydrogen) atoms. The Hall–Kier alpha value is -3.75. The van der Waals surface area contributed by atoms with Gasteiger partial charge in [-0.05, 0) is 59.8 Å². The van der Waals surface area contributed by atoms with Gasteiger partial charge in [0, 0.05) is 30.4 Å². The molecule has 9 nitrogen and oxygen atoms in total. The van der Waals surface area contributed by atoms with Gasteiger partial charge in [-0.2, -0.15) is 0 Å². The highest BCUT2D eigenvalue weighted by molar-refractivity contribution is 6.04. The van der Waals surface area contributed by atoms with Crippen molar-refractivity contribution < 1.29 is 14.3 Å². The van der Waals surface area contributed by atoms with Crippen LogP contribution in [0.4, 0.5) is 11.4 Å². The molecule has 0 aliphatic carbocycles. The summed E-state index contributed by atoms with van der Waals surface area (Å²) in [6.45, 7) is 4.23. The Morgan fingerprint density at radius 1 is 1.07 bits per heavy atom. The fourth-order valence-corrected chi connectivity index (χ4v) is 2.49. The van der Waals surface area contributed by atoms with E-state index in [9.17, 15) is 9.59 Å². The number of aryl methyl sites for hydroxylation is 1. The average molecular weight is 380 g/mol. The van der Waals surface area contributed by atoms with E-state index in [1.54, 1.807) is 53.2 Å². The van der Waals surface area contributed by atoms with Crippen LogP contribution in [0, 0.1) is 0 Å². The first kappa shape index (κ1) is 19.0. The highest BCUT2D eigenvalue weighted by Crippen LogP contribution is 2.18. The summed E-state index contributed by atoms with van der Waals surface area (Å²) in [5.41, 5.74) is 1.74. The maximum Gasteiger partial charge on any atom is 0.255 e. The number of benzene rings is 2. The molecule has 3 aromatic rings. The Balaban J connectivity index is 1.62. The molecule has 2 N–H and O–H groups in total. The summed E-state index contributed by atoms with van der Waals surface area (Å²) < 4.78 is 7.34. The van der Waals surface area contributed by atoms with Gasteiger partial charge < -0.3 is 15.4 Å². The van der Waals surface area contributed by atoms with Crippen molar-refractivity contribution in [2.24, 2.45) is 0 Å². The summed E-state index contributed by atoms with van der Waals surface area (Å²) in [5.74, 6) is 0.730. The van der Waals surface area contributed by atoms with E-state index in [0.717, 1.165) is 0 Å². The van der Waals surface area contributed by atoms with E-state index in [-0.39, 0.29) is 18.4 Å². The zero-order valence-electron chi connectivity index (χ0n) is 15.5. The third kappa shape index (κ3) is 4.91. The summed E-state index contributed by atoms with van der Waals surface area (Å²) in [4.78, 5) is 23.5. The second-order valence-electron chi connectivity index (χ2n) is 5.94. The lowest BCUT2D eigenvalue weighted by molar-refractivity contribution is -0.114. The SMILES string of the molecule is CCn1nnnc1COc1cccc(C(=O)Nc2ccc(NC(C)=O)cc2)c1. The van der Waals surface area contributed by atoms with Gasteiger partial charge in [0.2, 0.25) is 5.91 Å². The predicted octanol–water partition coefficient (Wildman–Crippen LogP) is 2.48. The molecular weight excluding hydrogens is 360 g/mol.